The van der Waals surface area contributed by atoms with Crippen LogP contribution in [-0.2, 0) is 9.53 Å². The van der Waals surface area contributed by atoms with Crippen molar-refractivity contribution in [2.45, 2.75) is 38.7 Å². The molecule has 2 aromatic carbocycles. The van der Waals surface area contributed by atoms with Crippen molar-refractivity contribution in [3.05, 3.63) is 65.9 Å². The molecule has 1 unspecified atom stereocenters. The van der Waals surface area contributed by atoms with E-state index < -0.39 is 5.60 Å². The fraction of sp³-hybridized carbons (Fsp3) is 0.318. The highest BCUT2D eigenvalue weighted by Gasteiger charge is 2.25. The molecule has 1 atom stereocenters. The highest BCUT2D eigenvalue weighted by molar-refractivity contribution is 5.78. The zero-order valence-electron chi connectivity index (χ0n) is 15.6. The number of hydrogen-bond acceptors (Lipinski definition) is 4. The Hall–Kier alpha value is -2.75. The Morgan fingerprint density at radius 1 is 1.08 bits per heavy atom. The number of hydrogen-bond donors (Lipinski definition) is 0. The quantitative estimate of drug-likeness (QED) is 0.584. The van der Waals surface area contributed by atoms with Gasteiger partial charge in [-0.25, -0.2) is 0 Å². The summed E-state index contributed by atoms with van der Waals surface area (Å²) in [4.78, 5) is 12.5. The van der Waals surface area contributed by atoms with Crippen LogP contribution in [-0.4, -0.2) is 18.7 Å². The molecule has 0 saturated carbocycles. The van der Waals surface area contributed by atoms with Crippen molar-refractivity contribution in [3.63, 3.8) is 0 Å². The van der Waals surface area contributed by atoms with Crippen LogP contribution in [0.1, 0.15) is 44.4 Å². The zero-order chi connectivity index (χ0) is 18.7. The molecule has 3 aromatic rings. The first-order valence-corrected chi connectivity index (χ1v) is 8.70. The summed E-state index contributed by atoms with van der Waals surface area (Å²) in [5.41, 5.74) is 1.27. The molecule has 1 aromatic heterocycles. The van der Waals surface area contributed by atoms with E-state index in [4.69, 9.17) is 13.9 Å². The summed E-state index contributed by atoms with van der Waals surface area (Å²) in [6.07, 6.45) is 0.212. The maximum Gasteiger partial charge on any atom is 0.307 e. The number of ether oxygens (including phenoxy) is 2. The van der Waals surface area contributed by atoms with E-state index in [2.05, 4.69) is 0 Å². The molecule has 0 saturated heterocycles. The van der Waals surface area contributed by atoms with Gasteiger partial charge in [0.2, 0.25) is 0 Å². The minimum atomic E-state index is -0.518. The Morgan fingerprint density at radius 3 is 2.38 bits per heavy atom. The van der Waals surface area contributed by atoms with Crippen LogP contribution in [0.2, 0.25) is 0 Å². The number of esters is 1. The second-order valence-corrected chi connectivity index (χ2v) is 7.30. The molecule has 0 spiro atoms. The Bertz CT molecular complexity index is 851. The van der Waals surface area contributed by atoms with Gasteiger partial charge in [-0.05, 0) is 50.6 Å². The normalized spacial score (nSPS) is 12.8. The molecule has 0 amide bonds. The summed E-state index contributed by atoms with van der Waals surface area (Å²) in [5.74, 6) is 1.05. The first-order chi connectivity index (χ1) is 12.4. The lowest BCUT2D eigenvalue weighted by molar-refractivity contribution is -0.155. The van der Waals surface area contributed by atoms with Crippen molar-refractivity contribution in [2.24, 2.45) is 0 Å². The van der Waals surface area contributed by atoms with Crippen molar-refractivity contribution in [1.82, 2.24) is 0 Å². The first kappa shape index (κ1) is 18.1. The molecule has 3 rings (SSSR count). The minimum absolute atomic E-state index is 0.212. The first-order valence-electron chi connectivity index (χ1n) is 8.70. The Labute approximate surface area is 153 Å². The standard InChI is InChI=1S/C22H24O4/c1-22(2,3)26-21(23)14-18(15-9-11-17(24-4)12-10-15)20-13-16-7-5-6-8-19(16)25-20/h5-13,18H,14H2,1-4H3. The molecule has 0 fully saturated rings. The van der Waals surface area contributed by atoms with Crippen LogP contribution < -0.4 is 4.74 Å². The van der Waals surface area contributed by atoms with E-state index in [9.17, 15) is 4.79 Å². The minimum Gasteiger partial charge on any atom is -0.497 e. The number of fused-ring (bicyclic) bond motifs is 1. The molecule has 0 aliphatic carbocycles. The number of benzene rings is 2. The number of methoxy groups -OCH3 is 1. The molecule has 136 valence electrons. The monoisotopic (exact) mass is 352 g/mol. The van der Waals surface area contributed by atoms with E-state index in [1.807, 2.05) is 75.4 Å². The van der Waals surface area contributed by atoms with Crippen molar-refractivity contribution in [1.29, 1.82) is 0 Å². The van der Waals surface area contributed by atoms with Gasteiger partial charge in [0.1, 0.15) is 22.7 Å². The largest absolute Gasteiger partial charge is 0.497 e. The van der Waals surface area contributed by atoms with E-state index in [0.29, 0.717) is 0 Å². The molecule has 0 bridgehead atoms. The molecular formula is C22H24O4. The molecular weight excluding hydrogens is 328 g/mol. The van der Waals surface area contributed by atoms with E-state index in [1.54, 1.807) is 7.11 Å². The lowest BCUT2D eigenvalue weighted by atomic mass is 9.93. The van der Waals surface area contributed by atoms with Crippen LogP contribution in [0.25, 0.3) is 11.0 Å². The topological polar surface area (TPSA) is 48.7 Å². The van der Waals surface area contributed by atoms with Gasteiger partial charge in [0.25, 0.3) is 0 Å². The van der Waals surface area contributed by atoms with Crippen LogP contribution in [0.3, 0.4) is 0 Å². The fourth-order valence-electron chi connectivity index (χ4n) is 2.94. The van der Waals surface area contributed by atoms with Crippen molar-refractivity contribution >= 4 is 16.9 Å². The van der Waals surface area contributed by atoms with E-state index >= 15 is 0 Å². The Morgan fingerprint density at radius 2 is 1.77 bits per heavy atom. The zero-order valence-corrected chi connectivity index (χ0v) is 15.6. The molecule has 0 N–H and O–H groups in total. The summed E-state index contributed by atoms with van der Waals surface area (Å²) in [6.45, 7) is 5.61. The van der Waals surface area contributed by atoms with Gasteiger partial charge in [-0.1, -0.05) is 30.3 Å². The van der Waals surface area contributed by atoms with Crippen LogP contribution >= 0.6 is 0 Å². The molecule has 0 aliphatic rings. The molecule has 1 heterocycles. The van der Waals surface area contributed by atoms with Crippen LogP contribution in [0.4, 0.5) is 0 Å². The van der Waals surface area contributed by atoms with Gasteiger partial charge in [-0.2, -0.15) is 0 Å². The average Bonchev–Trinajstić information content (AvgIpc) is 3.02. The molecule has 26 heavy (non-hydrogen) atoms. The Kier molecular flexibility index (Phi) is 5.03. The third kappa shape index (κ3) is 4.26. The average molecular weight is 352 g/mol. The third-order valence-electron chi connectivity index (χ3n) is 4.10. The highest BCUT2D eigenvalue weighted by atomic mass is 16.6. The lowest BCUT2D eigenvalue weighted by Gasteiger charge is -2.22. The van der Waals surface area contributed by atoms with Gasteiger partial charge in [-0.3, -0.25) is 4.79 Å². The van der Waals surface area contributed by atoms with E-state index in [1.165, 1.54) is 0 Å². The van der Waals surface area contributed by atoms with Gasteiger partial charge >= 0.3 is 5.97 Å². The lowest BCUT2D eigenvalue weighted by Crippen LogP contribution is -2.25. The van der Waals surface area contributed by atoms with Crippen LogP contribution in [0.15, 0.2) is 59.0 Å². The van der Waals surface area contributed by atoms with Gasteiger partial charge in [0, 0.05) is 5.39 Å². The van der Waals surface area contributed by atoms with Crippen molar-refractivity contribution in [3.8, 4) is 5.75 Å². The number of para-hydroxylation sites is 1. The summed E-state index contributed by atoms with van der Waals surface area (Å²) < 4.78 is 16.8. The number of furan rings is 1. The maximum absolute atomic E-state index is 12.5. The second-order valence-electron chi connectivity index (χ2n) is 7.30. The SMILES string of the molecule is COc1ccc(C(CC(=O)OC(C)(C)C)c2cc3ccccc3o2)cc1. The summed E-state index contributed by atoms with van der Waals surface area (Å²) in [5, 5.41) is 1.02. The second kappa shape index (κ2) is 7.24. The maximum atomic E-state index is 12.5. The van der Waals surface area contributed by atoms with Crippen molar-refractivity contribution < 1.29 is 18.7 Å². The number of carbonyl (C=O) groups excluding carboxylic acids is 1. The summed E-state index contributed by atoms with van der Waals surface area (Å²) >= 11 is 0. The van der Waals surface area contributed by atoms with Gasteiger partial charge < -0.3 is 13.9 Å². The predicted octanol–water partition coefficient (Wildman–Crippen LogP) is 5.31. The van der Waals surface area contributed by atoms with Crippen LogP contribution in [0, 0.1) is 0 Å². The van der Waals surface area contributed by atoms with Crippen molar-refractivity contribution in [2.75, 3.05) is 7.11 Å². The molecule has 0 aliphatic heterocycles. The Balaban J connectivity index is 1.95. The number of carbonyl (C=O) groups is 1. The highest BCUT2D eigenvalue weighted by Crippen LogP contribution is 2.34. The number of rotatable bonds is 5. The third-order valence-corrected chi connectivity index (χ3v) is 4.10. The molecule has 4 heteroatoms. The summed E-state index contributed by atoms with van der Waals surface area (Å²) in [7, 11) is 1.63. The van der Waals surface area contributed by atoms with Gasteiger partial charge in [0.05, 0.1) is 19.4 Å². The molecule has 0 radical (unpaired) electrons. The van der Waals surface area contributed by atoms with Crippen LogP contribution in [0.5, 0.6) is 5.75 Å². The van der Waals surface area contributed by atoms with E-state index in [0.717, 1.165) is 28.0 Å². The van der Waals surface area contributed by atoms with Gasteiger partial charge in [0.15, 0.2) is 0 Å². The smallest absolute Gasteiger partial charge is 0.307 e. The van der Waals surface area contributed by atoms with Gasteiger partial charge in [-0.15, -0.1) is 0 Å². The summed E-state index contributed by atoms with van der Waals surface area (Å²) in [6, 6.07) is 17.5. The molecule has 4 nitrogen and oxygen atoms in total. The van der Waals surface area contributed by atoms with E-state index in [-0.39, 0.29) is 18.3 Å². The fourth-order valence-corrected chi connectivity index (χ4v) is 2.94. The predicted molar refractivity (Wildman–Crippen MR) is 102 cm³/mol.